The van der Waals surface area contributed by atoms with Gasteiger partial charge in [0.15, 0.2) is 0 Å². The zero-order valence-electron chi connectivity index (χ0n) is 61.4. The molecule has 1 amide bonds. The van der Waals surface area contributed by atoms with Crippen LogP contribution in [0.5, 0.6) is 0 Å². The van der Waals surface area contributed by atoms with E-state index in [4.69, 9.17) is 4.74 Å². The second kappa shape index (κ2) is 79.8. The van der Waals surface area contributed by atoms with Crippen LogP contribution in [0.2, 0.25) is 0 Å². The van der Waals surface area contributed by atoms with Gasteiger partial charge in [-0.15, -0.1) is 0 Å². The summed E-state index contributed by atoms with van der Waals surface area (Å²) in [6, 6.07) is -0.626. The molecular weight excluding hydrogens is 1100 g/mol. The van der Waals surface area contributed by atoms with Crippen LogP contribution < -0.4 is 5.32 Å². The fourth-order valence-electron chi connectivity index (χ4n) is 13.4. The van der Waals surface area contributed by atoms with Gasteiger partial charge in [-0.25, -0.2) is 0 Å². The molecule has 0 saturated carbocycles. The lowest BCUT2D eigenvalue weighted by Crippen LogP contribution is -2.45. The first-order valence-electron chi connectivity index (χ1n) is 41.6. The highest BCUT2D eigenvalue weighted by Gasteiger charge is 2.18. The maximum atomic E-state index is 12.6. The van der Waals surface area contributed by atoms with Gasteiger partial charge in [-0.3, -0.25) is 9.59 Å². The Morgan fingerprint density at radius 1 is 0.300 bits per heavy atom. The van der Waals surface area contributed by atoms with Crippen LogP contribution >= 0.6 is 0 Å². The maximum Gasteiger partial charge on any atom is 0.305 e. The summed E-state index contributed by atoms with van der Waals surface area (Å²) in [6.07, 6.45) is 103. The van der Waals surface area contributed by atoms with E-state index in [9.17, 15) is 19.8 Å². The Bertz CT molecular complexity index is 1410. The first-order chi connectivity index (χ1) is 44.5. The number of hydrogen-bond donors (Lipinski definition) is 3. The topological polar surface area (TPSA) is 95.9 Å². The highest BCUT2D eigenvalue weighted by atomic mass is 16.5. The molecule has 2 atom stereocenters. The molecule has 0 fully saturated rings. The van der Waals surface area contributed by atoms with Gasteiger partial charge in [0.1, 0.15) is 0 Å². The Morgan fingerprint density at radius 2 is 0.522 bits per heavy atom. The summed E-state index contributed by atoms with van der Waals surface area (Å²) in [5.41, 5.74) is 0. The summed E-state index contributed by atoms with van der Waals surface area (Å²) in [5.74, 6) is -0.0388. The van der Waals surface area contributed by atoms with Crippen molar-refractivity contribution < 1.29 is 24.5 Å². The number of hydrogen-bond acceptors (Lipinski definition) is 5. The molecule has 0 radical (unpaired) electrons. The lowest BCUT2D eigenvalue weighted by Gasteiger charge is -2.20. The monoisotopic (exact) mass is 1270 g/mol. The Balaban J connectivity index is 3.34. The number of carbonyl (C=O) groups is 2. The Kier molecular flexibility index (Phi) is 78.3. The third-order valence-corrected chi connectivity index (χ3v) is 19.7. The van der Waals surface area contributed by atoms with Crippen LogP contribution in [-0.2, 0) is 14.3 Å². The molecular formula is C84H163NO5. The predicted octanol–water partition coefficient (Wildman–Crippen LogP) is 27.6. The molecule has 0 aromatic rings. The molecule has 0 aliphatic heterocycles. The average molecular weight is 1270 g/mol. The largest absolute Gasteiger partial charge is 0.466 e. The third-order valence-electron chi connectivity index (χ3n) is 19.7. The van der Waals surface area contributed by atoms with Crippen molar-refractivity contribution in [3.8, 4) is 0 Å². The molecule has 0 rings (SSSR count). The molecule has 6 nitrogen and oxygen atoms in total. The third kappa shape index (κ3) is 75.4. The van der Waals surface area contributed by atoms with E-state index in [1.54, 1.807) is 6.08 Å². The number of nitrogens with one attached hydrogen (secondary N) is 1. The van der Waals surface area contributed by atoms with Gasteiger partial charge in [0.2, 0.25) is 5.91 Å². The van der Waals surface area contributed by atoms with Gasteiger partial charge in [0.25, 0.3) is 0 Å². The first kappa shape index (κ1) is 88.3. The van der Waals surface area contributed by atoms with Gasteiger partial charge in [0, 0.05) is 12.8 Å². The summed E-state index contributed by atoms with van der Waals surface area (Å²) in [5, 5.41) is 23.3. The lowest BCUT2D eigenvalue weighted by molar-refractivity contribution is -0.143. The highest BCUT2D eigenvalue weighted by molar-refractivity contribution is 5.76. The van der Waals surface area contributed by atoms with E-state index in [-0.39, 0.29) is 18.5 Å². The molecule has 534 valence electrons. The van der Waals surface area contributed by atoms with Crippen LogP contribution in [0.15, 0.2) is 24.3 Å². The van der Waals surface area contributed by atoms with E-state index in [0.717, 1.165) is 38.5 Å². The minimum absolute atomic E-state index is 0.0192. The van der Waals surface area contributed by atoms with Gasteiger partial charge >= 0.3 is 5.97 Å². The normalized spacial score (nSPS) is 12.5. The highest BCUT2D eigenvalue weighted by Crippen LogP contribution is 2.20. The number of carbonyl (C=O) groups excluding carboxylic acids is 2. The SMILES string of the molecule is CCCCCCCCC/C=C\CCCCCCCCCC(=O)OCCCCCCCCCCCCCCCCCCCCCCCCCCCCCCCCCCC(=O)NC(CO)C(O)/C=C/CCCCCCCCCCCCCCCCCCCCCCC. The summed E-state index contributed by atoms with van der Waals surface area (Å²) in [4.78, 5) is 24.7. The summed E-state index contributed by atoms with van der Waals surface area (Å²) in [6.45, 7) is 4.96. The second-order valence-corrected chi connectivity index (χ2v) is 28.8. The van der Waals surface area contributed by atoms with Crippen LogP contribution in [0.1, 0.15) is 476 Å². The Hall–Kier alpha value is -1.66. The van der Waals surface area contributed by atoms with Crippen molar-refractivity contribution in [2.75, 3.05) is 13.2 Å². The Labute approximate surface area is 564 Å². The summed E-state index contributed by atoms with van der Waals surface area (Å²) < 4.78 is 5.52. The van der Waals surface area contributed by atoms with Crippen molar-refractivity contribution in [2.45, 2.75) is 488 Å². The molecule has 0 aliphatic rings. The van der Waals surface area contributed by atoms with E-state index in [1.807, 2.05) is 6.08 Å². The van der Waals surface area contributed by atoms with Crippen LogP contribution in [0, 0.1) is 0 Å². The van der Waals surface area contributed by atoms with Crippen molar-refractivity contribution in [3.05, 3.63) is 24.3 Å². The van der Waals surface area contributed by atoms with E-state index in [0.29, 0.717) is 19.4 Å². The average Bonchev–Trinajstić information content (AvgIpc) is 3.60. The number of allylic oxidation sites excluding steroid dienone is 3. The number of aliphatic hydroxyl groups excluding tert-OH is 2. The van der Waals surface area contributed by atoms with Crippen molar-refractivity contribution in [1.82, 2.24) is 5.32 Å². The number of rotatable bonds is 79. The summed E-state index contributed by atoms with van der Waals surface area (Å²) >= 11 is 0. The van der Waals surface area contributed by atoms with Gasteiger partial charge in [-0.2, -0.15) is 0 Å². The molecule has 0 aromatic carbocycles. The van der Waals surface area contributed by atoms with Gasteiger partial charge in [0.05, 0.1) is 25.4 Å². The second-order valence-electron chi connectivity index (χ2n) is 28.8. The van der Waals surface area contributed by atoms with Gasteiger partial charge < -0.3 is 20.3 Å². The number of amides is 1. The van der Waals surface area contributed by atoms with Crippen LogP contribution in [0.4, 0.5) is 0 Å². The zero-order valence-corrected chi connectivity index (χ0v) is 61.4. The fourth-order valence-corrected chi connectivity index (χ4v) is 13.4. The predicted molar refractivity (Wildman–Crippen MR) is 398 cm³/mol. The molecule has 90 heavy (non-hydrogen) atoms. The quantitative estimate of drug-likeness (QED) is 0.0320. The van der Waals surface area contributed by atoms with Crippen LogP contribution in [0.3, 0.4) is 0 Å². The van der Waals surface area contributed by atoms with Crippen molar-refractivity contribution in [1.29, 1.82) is 0 Å². The van der Waals surface area contributed by atoms with Crippen molar-refractivity contribution in [3.63, 3.8) is 0 Å². The number of ether oxygens (including phenoxy) is 1. The molecule has 0 saturated heterocycles. The number of unbranched alkanes of at least 4 members (excludes halogenated alkanes) is 66. The molecule has 0 aromatic heterocycles. The Morgan fingerprint density at radius 3 is 0.789 bits per heavy atom. The standard InChI is InChI=1S/C84H163NO5/c1-3-5-7-9-11-13-15-17-19-21-23-24-35-38-41-44-48-52-56-60-64-68-72-76-82(87)81(80-86)85-83(88)77-73-69-65-61-57-53-49-45-42-39-36-33-31-29-27-25-26-28-30-32-34-37-40-43-47-51-55-59-63-67-71-75-79-90-84(89)78-74-70-66-62-58-54-50-46-22-20-18-16-14-12-10-8-6-4-2/h20,22,72,76,81-82,86-87H,3-19,21,23-71,73-75,77-80H2,1-2H3,(H,85,88)/b22-20-,76-72+. The van der Waals surface area contributed by atoms with Crippen molar-refractivity contribution >= 4 is 11.9 Å². The molecule has 0 aliphatic carbocycles. The lowest BCUT2D eigenvalue weighted by atomic mass is 10.0. The number of esters is 1. The fraction of sp³-hybridized carbons (Fsp3) is 0.929. The van der Waals surface area contributed by atoms with Crippen LogP contribution in [-0.4, -0.2) is 47.4 Å². The molecule has 2 unspecified atom stereocenters. The van der Waals surface area contributed by atoms with Gasteiger partial charge in [-0.1, -0.05) is 430 Å². The van der Waals surface area contributed by atoms with E-state index in [1.165, 1.54) is 411 Å². The van der Waals surface area contributed by atoms with E-state index >= 15 is 0 Å². The minimum Gasteiger partial charge on any atom is -0.466 e. The number of aliphatic hydroxyl groups is 2. The van der Waals surface area contributed by atoms with Gasteiger partial charge in [-0.05, 0) is 57.8 Å². The molecule has 0 bridgehead atoms. The van der Waals surface area contributed by atoms with E-state index in [2.05, 4.69) is 31.3 Å². The zero-order chi connectivity index (χ0) is 64.9. The first-order valence-corrected chi connectivity index (χ1v) is 41.6. The molecule has 0 heterocycles. The maximum absolute atomic E-state index is 12.6. The minimum atomic E-state index is -0.843. The van der Waals surface area contributed by atoms with E-state index < -0.39 is 12.1 Å². The molecule has 3 N–H and O–H groups in total. The molecule has 6 heteroatoms. The molecule has 0 spiro atoms. The summed E-state index contributed by atoms with van der Waals surface area (Å²) in [7, 11) is 0. The van der Waals surface area contributed by atoms with Crippen LogP contribution in [0.25, 0.3) is 0 Å². The smallest absolute Gasteiger partial charge is 0.305 e. The van der Waals surface area contributed by atoms with Crippen molar-refractivity contribution in [2.24, 2.45) is 0 Å².